The summed E-state index contributed by atoms with van der Waals surface area (Å²) < 4.78 is 4.66. The van der Waals surface area contributed by atoms with Gasteiger partial charge in [-0.05, 0) is 48.5 Å². The minimum atomic E-state index is 0.728. The van der Waals surface area contributed by atoms with Crippen molar-refractivity contribution in [3.05, 3.63) is 182 Å². The van der Waals surface area contributed by atoms with Crippen molar-refractivity contribution in [2.75, 3.05) is 0 Å². The minimum absolute atomic E-state index is 0.728. The third-order valence-electron chi connectivity index (χ3n) is 11.2. The Kier molecular flexibility index (Phi) is 6.53. The maximum atomic E-state index is 5.35. The lowest BCUT2D eigenvalue weighted by Crippen LogP contribution is -1.98. The number of benzene rings is 8. The molecule has 6 nitrogen and oxygen atoms in total. The maximum absolute atomic E-state index is 5.35. The SMILES string of the molecule is c1cc(-c2cnc3c4ccccc4c4ncc(-c5cccc(-n6c7ccccc7c7ccccc76)c5)nc4c3n2)cc(-n2c3ccccc3c3ccccc32)c1. The zero-order chi connectivity index (χ0) is 36.7. The fourth-order valence-electron chi connectivity index (χ4n) is 8.69. The van der Waals surface area contributed by atoms with Crippen molar-refractivity contribution in [1.29, 1.82) is 0 Å². The van der Waals surface area contributed by atoms with Gasteiger partial charge in [0.05, 0.1) is 56.9 Å². The number of rotatable bonds is 4. The molecule has 0 fully saturated rings. The first-order valence-electron chi connectivity index (χ1n) is 18.8. The Bertz CT molecular complexity index is 3220. The molecule has 4 heterocycles. The van der Waals surface area contributed by atoms with E-state index in [4.69, 9.17) is 19.9 Å². The lowest BCUT2D eigenvalue weighted by atomic mass is 10.0. The minimum Gasteiger partial charge on any atom is -0.309 e. The number of para-hydroxylation sites is 4. The first kappa shape index (κ1) is 30.7. The molecule has 0 aliphatic carbocycles. The van der Waals surface area contributed by atoms with E-state index in [9.17, 15) is 0 Å². The number of aromatic nitrogens is 6. The van der Waals surface area contributed by atoms with Crippen molar-refractivity contribution in [2.45, 2.75) is 0 Å². The zero-order valence-corrected chi connectivity index (χ0v) is 30.0. The fourth-order valence-corrected chi connectivity index (χ4v) is 8.69. The molecule has 0 spiro atoms. The van der Waals surface area contributed by atoms with Crippen molar-refractivity contribution in [1.82, 2.24) is 29.1 Å². The lowest BCUT2D eigenvalue weighted by molar-refractivity contribution is 1.18. The Morgan fingerprint density at radius 2 is 0.643 bits per heavy atom. The van der Waals surface area contributed by atoms with Crippen LogP contribution >= 0.6 is 0 Å². The van der Waals surface area contributed by atoms with Crippen LogP contribution in [0.25, 0.3) is 110 Å². The van der Waals surface area contributed by atoms with Gasteiger partial charge < -0.3 is 9.13 Å². The normalized spacial score (nSPS) is 11.9. The molecule has 12 aromatic rings. The Hall–Kier alpha value is -7.70. The van der Waals surface area contributed by atoms with Gasteiger partial charge in [0.25, 0.3) is 0 Å². The molecule has 0 radical (unpaired) electrons. The van der Waals surface area contributed by atoms with E-state index >= 15 is 0 Å². The first-order valence-corrected chi connectivity index (χ1v) is 18.8. The summed E-state index contributed by atoms with van der Waals surface area (Å²) in [6.45, 7) is 0. The van der Waals surface area contributed by atoms with Crippen molar-refractivity contribution in [3.8, 4) is 33.9 Å². The Labute approximate surface area is 320 Å². The zero-order valence-electron chi connectivity index (χ0n) is 30.0. The highest BCUT2D eigenvalue weighted by Gasteiger charge is 2.18. The Morgan fingerprint density at radius 1 is 0.304 bits per heavy atom. The van der Waals surface area contributed by atoms with E-state index in [0.29, 0.717) is 0 Å². The summed E-state index contributed by atoms with van der Waals surface area (Å²) in [4.78, 5) is 20.9. The Balaban J connectivity index is 1.04. The number of hydrogen-bond donors (Lipinski definition) is 0. The molecule has 0 saturated carbocycles. The predicted octanol–water partition coefficient (Wildman–Crippen LogP) is 12.3. The molecule has 0 amide bonds. The monoisotopic (exact) mass is 714 g/mol. The molecule has 4 aromatic heterocycles. The van der Waals surface area contributed by atoms with Crippen LogP contribution in [0.2, 0.25) is 0 Å². The second-order valence-electron chi connectivity index (χ2n) is 14.3. The van der Waals surface area contributed by atoms with Crippen LogP contribution in [0.4, 0.5) is 0 Å². The van der Waals surface area contributed by atoms with Crippen molar-refractivity contribution < 1.29 is 0 Å². The molecule has 0 N–H and O–H groups in total. The molecule has 0 aliphatic rings. The van der Waals surface area contributed by atoms with Crippen molar-refractivity contribution in [2.24, 2.45) is 0 Å². The van der Waals surface area contributed by atoms with Gasteiger partial charge in [0.15, 0.2) is 0 Å². The third kappa shape index (κ3) is 4.50. The van der Waals surface area contributed by atoms with Gasteiger partial charge in [-0.3, -0.25) is 9.97 Å². The standard InChI is InChI=1S/C50H30N6/c1-2-22-40-39(21-1)47-49(53-41(29-51-47)31-13-11-15-33(27-31)55-43-23-7-3-17-35(43)36-18-4-8-24-44(36)55)50-48(40)52-30-42(54-50)32-14-12-16-34(28-32)56-45-25-9-5-19-37(45)38-20-6-10-26-46(38)56/h1-30H. The number of nitrogens with zero attached hydrogens (tertiary/aromatic N) is 6. The van der Waals surface area contributed by atoms with Gasteiger partial charge in [0, 0.05) is 54.8 Å². The predicted molar refractivity (Wildman–Crippen MR) is 230 cm³/mol. The number of fused-ring (bicyclic) bond motifs is 12. The van der Waals surface area contributed by atoms with Crippen LogP contribution in [0.1, 0.15) is 0 Å². The van der Waals surface area contributed by atoms with Crippen LogP contribution in [0.3, 0.4) is 0 Å². The summed E-state index contributed by atoms with van der Waals surface area (Å²) in [6, 6.07) is 59.7. The highest BCUT2D eigenvalue weighted by molar-refractivity contribution is 6.21. The van der Waals surface area contributed by atoms with E-state index in [1.54, 1.807) is 0 Å². The molecule has 0 aliphatic heterocycles. The highest BCUT2D eigenvalue weighted by atomic mass is 15.0. The molecular weight excluding hydrogens is 685 g/mol. The van der Waals surface area contributed by atoms with Gasteiger partial charge in [-0.25, -0.2) is 9.97 Å². The van der Waals surface area contributed by atoms with Crippen LogP contribution in [0, 0.1) is 0 Å². The lowest BCUT2D eigenvalue weighted by Gasteiger charge is -2.13. The second-order valence-corrected chi connectivity index (χ2v) is 14.3. The average Bonchev–Trinajstić information content (AvgIpc) is 3.79. The first-order chi connectivity index (χ1) is 27.8. The van der Waals surface area contributed by atoms with E-state index in [1.807, 2.05) is 24.5 Å². The molecule has 0 saturated heterocycles. The molecule has 8 aromatic carbocycles. The van der Waals surface area contributed by atoms with Crippen LogP contribution in [0.15, 0.2) is 182 Å². The van der Waals surface area contributed by atoms with E-state index in [-0.39, 0.29) is 0 Å². The summed E-state index contributed by atoms with van der Waals surface area (Å²) in [5, 5.41) is 6.92. The summed E-state index contributed by atoms with van der Waals surface area (Å²) in [5.41, 5.74) is 13.4. The van der Waals surface area contributed by atoms with E-state index < -0.39 is 0 Å². The van der Waals surface area contributed by atoms with Gasteiger partial charge in [-0.1, -0.05) is 121 Å². The molecule has 6 heteroatoms. The Morgan fingerprint density at radius 3 is 1.02 bits per heavy atom. The van der Waals surface area contributed by atoms with Crippen LogP contribution in [0.5, 0.6) is 0 Å². The van der Waals surface area contributed by atoms with Crippen molar-refractivity contribution >= 4 is 76.5 Å². The van der Waals surface area contributed by atoms with Gasteiger partial charge in [0.2, 0.25) is 0 Å². The molecule has 0 unspecified atom stereocenters. The average molecular weight is 715 g/mol. The fraction of sp³-hybridized carbons (Fsp3) is 0. The quantitative estimate of drug-likeness (QED) is 0.170. The molecule has 0 bridgehead atoms. The van der Waals surface area contributed by atoms with Gasteiger partial charge >= 0.3 is 0 Å². The molecule has 12 rings (SSSR count). The summed E-state index contributed by atoms with van der Waals surface area (Å²) in [5.74, 6) is 0. The summed E-state index contributed by atoms with van der Waals surface area (Å²) >= 11 is 0. The van der Waals surface area contributed by atoms with E-state index in [2.05, 4.69) is 167 Å². The summed E-state index contributed by atoms with van der Waals surface area (Å²) in [7, 11) is 0. The molecule has 0 atom stereocenters. The van der Waals surface area contributed by atoms with E-state index in [0.717, 1.165) is 88.8 Å². The van der Waals surface area contributed by atoms with Crippen LogP contribution in [-0.4, -0.2) is 29.1 Å². The van der Waals surface area contributed by atoms with Gasteiger partial charge in [-0.15, -0.1) is 0 Å². The van der Waals surface area contributed by atoms with Gasteiger partial charge in [-0.2, -0.15) is 0 Å². The van der Waals surface area contributed by atoms with E-state index in [1.165, 1.54) is 21.5 Å². The maximum Gasteiger partial charge on any atom is 0.118 e. The second kappa shape index (κ2) is 11.9. The van der Waals surface area contributed by atoms with Crippen LogP contribution in [-0.2, 0) is 0 Å². The number of hydrogen-bond acceptors (Lipinski definition) is 4. The smallest absolute Gasteiger partial charge is 0.118 e. The van der Waals surface area contributed by atoms with Gasteiger partial charge in [0.1, 0.15) is 11.0 Å². The topological polar surface area (TPSA) is 61.4 Å². The molecule has 56 heavy (non-hydrogen) atoms. The summed E-state index contributed by atoms with van der Waals surface area (Å²) in [6.07, 6.45) is 3.77. The highest BCUT2D eigenvalue weighted by Crippen LogP contribution is 2.37. The third-order valence-corrected chi connectivity index (χ3v) is 11.2. The largest absolute Gasteiger partial charge is 0.309 e. The molecule has 260 valence electrons. The van der Waals surface area contributed by atoms with Crippen molar-refractivity contribution in [3.63, 3.8) is 0 Å². The molecular formula is C50H30N6. The van der Waals surface area contributed by atoms with Crippen LogP contribution < -0.4 is 0 Å².